The molecule has 2 aromatic rings. The molecule has 0 saturated heterocycles. The minimum Gasteiger partial charge on any atom is -0.378 e. The average molecular weight is 347 g/mol. The first kappa shape index (κ1) is 18.0. The molecule has 5 nitrogen and oxygen atoms in total. The third kappa shape index (κ3) is 4.34. The standard InChI is InChI=1S/C18H19ClN2O3/c1-11-6-5-7-12(2)16(11)21-15(22)10-20-18(24)17(23)13-8-3-4-9-14(13)19/h3-9,17,23H,10H2,1-2H3,(H,20,24)(H,21,22)/t17-/m1/s1. The molecule has 2 rings (SSSR count). The number of halogens is 1. The lowest BCUT2D eigenvalue weighted by atomic mass is 10.1. The number of aryl methyl sites for hydroxylation is 2. The van der Waals surface area contributed by atoms with E-state index in [0.29, 0.717) is 10.6 Å². The van der Waals surface area contributed by atoms with E-state index in [-0.39, 0.29) is 12.5 Å². The van der Waals surface area contributed by atoms with E-state index in [1.807, 2.05) is 32.0 Å². The summed E-state index contributed by atoms with van der Waals surface area (Å²) in [5.74, 6) is -1.05. The molecular formula is C18H19ClN2O3. The molecule has 0 aromatic heterocycles. The van der Waals surface area contributed by atoms with Crippen LogP contribution in [0.2, 0.25) is 5.02 Å². The molecule has 0 aliphatic carbocycles. The number of carbonyl (C=O) groups excluding carboxylic acids is 2. The summed E-state index contributed by atoms with van der Waals surface area (Å²) in [6.07, 6.45) is -1.42. The highest BCUT2D eigenvalue weighted by atomic mass is 35.5. The van der Waals surface area contributed by atoms with Crippen LogP contribution >= 0.6 is 11.6 Å². The number of hydrogen-bond acceptors (Lipinski definition) is 3. The van der Waals surface area contributed by atoms with Crippen LogP contribution in [0.1, 0.15) is 22.8 Å². The quantitative estimate of drug-likeness (QED) is 0.779. The fourth-order valence-corrected chi connectivity index (χ4v) is 2.54. The Morgan fingerprint density at radius 1 is 1.08 bits per heavy atom. The maximum absolute atomic E-state index is 12.0. The largest absolute Gasteiger partial charge is 0.378 e. The number of aliphatic hydroxyl groups excluding tert-OH is 1. The Kier molecular flexibility index (Phi) is 5.95. The second-order valence-corrected chi connectivity index (χ2v) is 5.86. The van der Waals surface area contributed by atoms with Gasteiger partial charge >= 0.3 is 0 Å². The van der Waals surface area contributed by atoms with Crippen molar-refractivity contribution in [3.8, 4) is 0 Å². The average Bonchev–Trinajstić information content (AvgIpc) is 2.56. The Morgan fingerprint density at radius 2 is 1.71 bits per heavy atom. The lowest BCUT2D eigenvalue weighted by Crippen LogP contribution is -2.36. The smallest absolute Gasteiger partial charge is 0.253 e. The zero-order valence-electron chi connectivity index (χ0n) is 13.5. The van der Waals surface area contributed by atoms with E-state index in [1.54, 1.807) is 24.3 Å². The van der Waals surface area contributed by atoms with Gasteiger partial charge in [0.1, 0.15) is 0 Å². The van der Waals surface area contributed by atoms with Crippen LogP contribution in [-0.4, -0.2) is 23.5 Å². The van der Waals surface area contributed by atoms with Gasteiger partial charge in [-0.25, -0.2) is 0 Å². The zero-order valence-corrected chi connectivity index (χ0v) is 14.2. The Bertz CT molecular complexity index is 741. The van der Waals surface area contributed by atoms with Crippen molar-refractivity contribution < 1.29 is 14.7 Å². The van der Waals surface area contributed by atoms with Crippen molar-refractivity contribution in [1.82, 2.24) is 5.32 Å². The molecule has 2 aromatic carbocycles. The van der Waals surface area contributed by atoms with Crippen molar-refractivity contribution in [2.75, 3.05) is 11.9 Å². The Balaban J connectivity index is 1.94. The van der Waals surface area contributed by atoms with E-state index < -0.39 is 12.0 Å². The van der Waals surface area contributed by atoms with E-state index in [2.05, 4.69) is 10.6 Å². The van der Waals surface area contributed by atoms with Crippen LogP contribution in [0.25, 0.3) is 0 Å². The molecule has 126 valence electrons. The maximum Gasteiger partial charge on any atom is 0.253 e. The van der Waals surface area contributed by atoms with Crippen LogP contribution in [0.5, 0.6) is 0 Å². The minimum absolute atomic E-state index is 0.242. The van der Waals surface area contributed by atoms with E-state index in [4.69, 9.17) is 11.6 Å². The summed E-state index contributed by atoms with van der Waals surface area (Å²) < 4.78 is 0. The molecule has 0 aliphatic heterocycles. The molecular weight excluding hydrogens is 328 g/mol. The summed E-state index contributed by atoms with van der Waals surface area (Å²) in [6, 6.07) is 12.2. The molecule has 0 bridgehead atoms. The molecule has 0 radical (unpaired) electrons. The van der Waals surface area contributed by atoms with Gasteiger partial charge in [0.2, 0.25) is 5.91 Å². The fourth-order valence-electron chi connectivity index (χ4n) is 2.30. The highest BCUT2D eigenvalue weighted by molar-refractivity contribution is 6.31. The first-order valence-corrected chi connectivity index (χ1v) is 7.84. The lowest BCUT2D eigenvalue weighted by molar-refractivity contribution is -0.131. The molecule has 3 N–H and O–H groups in total. The summed E-state index contributed by atoms with van der Waals surface area (Å²) >= 11 is 5.95. The fraction of sp³-hybridized carbons (Fsp3) is 0.222. The van der Waals surface area contributed by atoms with Gasteiger partial charge in [-0.3, -0.25) is 9.59 Å². The van der Waals surface area contributed by atoms with E-state index in [1.165, 1.54) is 0 Å². The van der Waals surface area contributed by atoms with Crippen LogP contribution < -0.4 is 10.6 Å². The van der Waals surface area contributed by atoms with Gasteiger partial charge in [-0.1, -0.05) is 48.0 Å². The molecule has 0 aliphatic rings. The summed E-state index contributed by atoms with van der Waals surface area (Å²) in [7, 11) is 0. The maximum atomic E-state index is 12.0. The number of hydrogen-bond donors (Lipinski definition) is 3. The third-order valence-electron chi connectivity index (χ3n) is 3.62. The molecule has 1 atom stereocenters. The molecule has 2 amide bonds. The zero-order chi connectivity index (χ0) is 17.7. The van der Waals surface area contributed by atoms with Crippen molar-refractivity contribution in [2.45, 2.75) is 20.0 Å². The number of rotatable bonds is 5. The lowest BCUT2D eigenvalue weighted by Gasteiger charge is -2.14. The number of para-hydroxylation sites is 1. The number of aliphatic hydroxyl groups is 1. The molecule has 0 heterocycles. The van der Waals surface area contributed by atoms with Gasteiger partial charge in [-0.05, 0) is 31.0 Å². The van der Waals surface area contributed by atoms with Gasteiger partial charge in [0, 0.05) is 16.3 Å². The number of amides is 2. The predicted molar refractivity (Wildman–Crippen MR) is 94.0 cm³/mol. The highest BCUT2D eigenvalue weighted by Crippen LogP contribution is 2.22. The number of benzene rings is 2. The van der Waals surface area contributed by atoms with Crippen molar-refractivity contribution in [3.05, 3.63) is 64.2 Å². The summed E-state index contributed by atoms with van der Waals surface area (Å²) in [4.78, 5) is 24.0. The first-order valence-electron chi connectivity index (χ1n) is 7.46. The molecule has 0 saturated carbocycles. The van der Waals surface area contributed by atoms with Gasteiger partial charge in [0.25, 0.3) is 5.91 Å². The van der Waals surface area contributed by atoms with E-state index in [0.717, 1.165) is 16.8 Å². The van der Waals surface area contributed by atoms with Gasteiger partial charge in [-0.2, -0.15) is 0 Å². The van der Waals surface area contributed by atoms with Crippen LogP contribution in [-0.2, 0) is 9.59 Å². The number of nitrogens with one attached hydrogen (secondary N) is 2. The minimum atomic E-state index is -1.42. The Morgan fingerprint density at radius 3 is 2.33 bits per heavy atom. The van der Waals surface area contributed by atoms with Crippen molar-refractivity contribution in [2.24, 2.45) is 0 Å². The van der Waals surface area contributed by atoms with Gasteiger partial charge in [0.05, 0.1) is 6.54 Å². The van der Waals surface area contributed by atoms with Crippen LogP contribution in [0.3, 0.4) is 0 Å². The molecule has 0 spiro atoms. The molecule has 0 unspecified atom stereocenters. The van der Waals surface area contributed by atoms with Crippen molar-refractivity contribution in [3.63, 3.8) is 0 Å². The number of anilines is 1. The first-order chi connectivity index (χ1) is 11.4. The molecule has 6 heteroatoms. The van der Waals surface area contributed by atoms with Gasteiger partial charge < -0.3 is 15.7 Å². The number of carbonyl (C=O) groups is 2. The molecule has 24 heavy (non-hydrogen) atoms. The van der Waals surface area contributed by atoms with Gasteiger partial charge in [-0.15, -0.1) is 0 Å². The summed E-state index contributed by atoms with van der Waals surface area (Å²) in [6.45, 7) is 3.54. The highest BCUT2D eigenvalue weighted by Gasteiger charge is 2.20. The van der Waals surface area contributed by atoms with E-state index >= 15 is 0 Å². The van der Waals surface area contributed by atoms with Crippen LogP contribution in [0.15, 0.2) is 42.5 Å². The van der Waals surface area contributed by atoms with Crippen molar-refractivity contribution >= 4 is 29.1 Å². The predicted octanol–water partition coefficient (Wildman–Crippen LogP) is 2.75. The van der Waals surface area contributed by atoms with Crippen LogP contribution in [0.4, 0.5) is 5.69 Å². The summed E-state index contributed by atoms with van der Waals surface area (Å²) in [5.41, 5.74) is 2.90. The van der Waals surface area contributed by atoms with E-state index in [9.17, 15) is 14.7 Å². The Hall–Kier alpha value is -2.37. The topological polar surface area (TPSA) is 78.4 Å². The molecule has 0 fully saturated rings. The van der Waals surface area contributed by atoms with Gasteiger partial charge in [0.15, 0.2) is 6.10 Å². The SMILES string of the molecule is Cc1cccc(C)c1NC(=O)CNC(=O)[C@H](O)c1ccccc1Cl. The Labute approximate surface area is 145 Å². The monoisotopic (exact) mass is 346 g/mol. The second kappa shape index (κ2) is 7.95. The van der Waals surface area contributed by atoms with Crippen LogP contribution in [0, 0.1) is 13.8 Å². The second-order valence-electron chi connectivity index (χ2n) is 5.46. The summed E-state index contributed by atoms with van der Waals surface area (Å²) in [5, 5.41) is 15.5. The third-order valence-corrected chi connectivity index (χ3v) is 3.96. The van der Waals surface area contributed by atoms with Crippen molar-refractivity contribution in [1.29, 1.82) is 0 Å². The normalized spacial score (nSPS) is 11.7.